The Hall–Kier alpha value is -1.62. The molecule has 1 aromatic carbocycles. The molecule has 0 saturated heterocycles. The van der Waals surface area contributed by atoms with E-state index in [1.165, 1.54) is 18.2 Å². The number of rotatable bonds is 5. The molecule has 4 nitrogen and oxygen atoms in total. The second-order valence-electron chi connectivity index (χ2n) is 5.30. The quantitative estimate of drug-likeness (QED) is 0.866. The van der Waals surface area contributed by atoms with Crippen LogP contribution in [0.1, 0.15) is 26.2 Å². The van der Waals surface area contributed by atoms with Gasteiger partial charge < -0.3 is 15.2 Å². The van der Waals surface area contributed by atoms with E-state index < -0.39 is 11.9 Å². The van der Waals surface area contributed by atoms with Gasteiger partial charge in [-0.25, -0.2) is 4.39 Å². The smallest absolute Gasteiger partial charge is 0.260 e. The molecule has 1 aromatic rings. The summed E-state index contributed by atoms with van der Waals surface area (Å²) in [5.74, 6) is 0.0463. The minimum Gasteiger partial charge on any atom is -0.481 e. The SMILES string of the molecule is CC(Oc1cccc(F)c1)C(=O)NCC1CCC(O)C1. The largest absolute Gasteiger partial charge is 0.481 e. The van der Waals surface area contributed by atoms with E-state index >= 15 is 0 Å². The topological polar surface area (TPSA) is 58.6 Å². The Kier molecular flexibility index (Phi) is 4.95. The lowest BCUT2D eigenvalue weighted by Crippen LogP contribution is -2.38. The number of hydrogen-bond acceptors (Lipinski definition) is 3. The van der Waals surface area contributed by atoms with Gasteiger partial charge in [-0.2, -0.15) is 0 Å². The normalized spacial score (nSPS) is 23.4. The molecule has 0 aliphatic heterocycles. The van der Waals surface area contributed by atoms with E-state index in [9.17, 15) is 14.3 Å². The van der Waals surface area contributed by atoms with Gasteiger partial charge in [0.25, 0.3) is 5.91 Å². The molecule has 0 radical (unpaired) electrons. The molecule has 3 unspecified atom stereocenters. The van der Waals surface area contributed by atoms with Crippen molar-refractivity contribution in [2.75, 3.05) is 6.54 Å². The molecule has 1 aliphatic rings. The van der Waals surface area contributed by atoms with Gasteiger partial charge in [-0.1, -0.05) is 6.07 Å². The molecule has 2 rings (SSSR count). The minimum atomic E-state index is -0.678. The first-order valence-electron chi connectivity index (χ1n) is 6.92. The zero-order valence-electron chi connectivity index (χ0n) is 11.5. The molecule has 2 N–H and O–H groups in total. The molecule has 5 heteroatoms. The first-order valence-corrected chi connectivity index (χ1v) is 6.92. The molecule has 0 spiro atoms. The Labute approximate surface area is 117 Å². The monoisotopic (exact) mass is 281 g/mol. The molecule has 0 aromatic heterocycles. The molecule has 1 fully saturated rings. The lowest BCUT2D eigenvalue weighted by molar-refractivity contribution is -0.127. The molecular weight excluding hydrogens is 261 g/mol. The summed E-state index contributed by atoms with van der Waals surface area (Å²) in [5, 5.41) is 12.2. The third-order valence-corrected chi connectivity index (χ3v) is 3.56. The van der Waals surface area contributed by atoms with E-state index in [1.54, 1.807) is 13.0 Å². The van der Waals surface area contributed by atoms with Gasteiger partial charge >= 0.3 is 0 Å². The predicted octanol–water partition coefficient (Wildman–Crippen LogP) is 1.87. The Bertz CT molecular complexity index is 466. The average molecular weight is 281 g/mol. The maximum Gasteiger partial charge on any atom is 0.260 e. The van der Waals surface area contributed by atoms with Crippen LogP contribution in [-0.2, 0) is 4.79 Å². The van der Waals surface area contributed by atoms with Gasteiger partial charge in [-0.05, 0) is 44.2 Å². The summed E-state index contributed by atoms with van der Waals surface area (Å²) in [6.07, 6.45) is 1.55. The fraction of sp³-hybridized carbons (Fsp3) is 0.533. The Morgan fingerprint density at radius 2 is 2.35 bits per heavy atom. The van der Waals surface area contributed by atoms with Crippen molar-refractivity contribution in [3.8, 4) is 5.75 Å². The highest BCUT2D eigenvalue weighted by Crippen LogP contribution is 2.24. The fourth-order valence-corrected chi connectivity index (χ4v) is 2.42. The summed E-state index contributed by atoms with van der Waals surface area (Å²) in [7, 11) is 0. The first-order chi connectivity index (χ1) is 9.54. The van der Waals surface area contributed by atoms with Crippen LogP contribution in [0.4, 0.5) is 4.39 Å². The van der Waals surface area contributed by atoms with Crippen LogP contribution in [0.25, 0.3) is 0 Å². The molecule has 1 aliphatic carbocycles. The average Bonchev–Trinajstić information content (AvgIpc) is 2.81. The third kappa shape index (κ3) is 4.20. The lowest BCUT2D eigenvalue weighted by Gasteiger charge is -2.16. The van der Waals surface area contributed by atoms with Crippen LogP contribution in [0.5, 0.6) is 5.75 Å². The highest BCUT2D eigenvalue weighted by Gasteiger charge is 2.24. The van der Waals surface area contributed by atoms with Crippen LogP contribution in [0.3, 0.4) is 0 Å². The number of aliphatic hydroxyl groups is 1. The zero-order valence-corrected chi connectivity index (χ0v) is 11.5. The van der Waals surface area contributed by atoms with Gasteiger partial charge in [-0.15, -0.1) is 0 Å². The van der Waals surface area contributed by atoms with Gasteiger partial charge in [0, 0.05) is 12.6 Å². The number of ether oxygens (including phenoxy) is 1. The van der Waals surface area contributed by atoms with Crippen molar-refractivity contribution in [3.05, 3.63) is 30.1 Å². The fourth-order valence-electron chi connectivity index (χ4n) is 2.42. The van der Waals surface area contributed by atoms with Gasteiger partial charge in [0.1, 0.15) is 11.6 Å². The Morgan fingerprint density at radius 3 is 3.00 bits per heavy atom. The van der Waals surface area contributed by atoms with Crippen molar-refractivity contribution in [1.82, 2.24) is 5.32 Å². The number of carbonyl (C=O) groups excluding carboxylic acids is 1. The first kappa shape index (κ1) is 14.8. The van der Waals surface area contributed by atoms with E-state index in [0.29, 0.717) is 18.2 Å². The van der Waals surface area contributed by atoms with E-state index in [0.717, 1.165) is 19.3 Å². The van der Waals surface area contributed by atoms with Crippen LogP contribution < -0.4 is 10.1 Å². The minimum absolute atomic E-state index is 0.226. The molecule has 3 atom stereocenters. The highest BCUT2D eigenvalue weighted by atomic mass is 19.1. The summed E-state index contributed by atoms with van der Waals surface area (Å²) in [4.78, 5) is 11.9. The Morgan fingerprint density at radius 1 is 1.55 bits per heavy atom. The third-order valence-electron chi connectivity index (χ3n) is 3.56. The van der Waals surface area contributed by atoms with Crippen LogP contribution >= 0.6 is 0 Å². The Balaban J connectivity index is 1.77. The highest BCUT2D eigenvalue weighted by molar-refractivity contribution is 5.80. The summed E-state index contributed by atoms with van der Waals surface area (Å²) in [6, 6.07) is 5.72. The summed E-state index contributed by atoms with van der Waals surface area (Å²) >= 11 is 0. The lowest BCUT2D eigenvalue weighted by atomic mass is 10.1. The summed E-state index contributed by atoms with van der Waals surface area (Å²) in [6.45, 7) is 2.18. The van der Waals surface area contributed by atoms with Crippen molar-refractivity contribution < 1.29 is 19.0 Å². The maximum absolute atomic E-state index is 13.0. The number of nitrogens with one attached hydrogen (secondary N) is 1. The number of aliphatic hydroxyl groups excluding tert-OH is 1. The van der Waals surface area contributed by atoms with Crippen molar-refractivity contribution in [2.45, 2.75) is 38.4 Å². The van der Waals surface area contributed by atoms with Crippen LogP contribution in [0.15, 0.2) is 24.3 Å². The van der Waals surface area contributed by atoms with Crippen LogP contribution in [0, 0.1) is 11.7 Å². The number of benzene rings is 1. The molecule has 20 heavy (non-hydrogen) atoms. The predicted molar refractivity (Wildman–Crippen MR) is 72.8 cm³/mol. The van der Waals surface area contributed by atoms with Crippen molar-refractivity contribution in [1.29, 1.82) is 0 Å². The summed E-state index contributed by atoms with van der Waals surface area (Å²) < 4.78 is 18.4. The van der Waals surface area contributed by atoms with Crippen LogP contribution in [0.2, 0.25) is 0 Å². The second-order valence-corrected chi connectivity index (χ2v) is 5.30. The van der Waals surface area contributed by atoms with Gasteiger partial charge in [0.05, 0.1) is 6.10 Å². The number of hydrogen-bond donors (Lipinski definition) is 2. The number of amides is 1. The van der Waals surface area contributed by atoms with Crippen molar-refractivity contribution in [2.24, 2.45) is 5.92 Å². The van der Waals surface area contributed by atoms with E-state index in [1.807, 2.05) is 0 Å². The van der Waals surface area contributed by atoms with E-state index in [4.69, 9.17) is 4.74 Å². The van der Waals surface area contributed by atoms with Gasteiger partial charge in [0.15, 0.2) is 6.10 Å². The van der Waals surface area contributed by atoms with Crippen molar-refractivity contribution in [3.63, 3.8) is 0 Å². The second kappa shape index (κ2) is 6.70. The number of carbonyl (C=O) groups is 1. The van der Waals surface area contributed by atoms with Crippen LogP contribution in [-0.4, -0.2) is 29.8 Å². The molecule has 0 heterocycles. The van der Waals surface area contributed by atoms with Gasteiger partial charge in [0.2, 0.25) is 0 Å². The molecule has 0 bridgehead atoms. The molecule has 1 saturated carbocycles. The maximum atomic E-state index is 13.0. The van der Waals surface area contributed by atoms with E-state index in [2.05, 4.69) is 5.32 Å². The molecule has 1 amide bonds. The zero-order chi connectivity index (χ0) is 14.5. The summed E-state index contributed by atoms with van der Waals surface area (Å²) in [5.41, 5.74) is 0. The molecular formula is C15H20FNO3. The van der Waals surface area contributed by atoms with Gasteiger partial charge in [-0.3, -0.25) is 4.79 Å². The number of halogens is 1. The van der Waals surface area contributed by atoms with Crippen molar-refractivity contribution >= 4 is 5.91 Å². The standard InChI is InChI=1S/C15H20FNO3/c1-10(20-14-4-2-3-12(16)8-14)15(19)17-9-11-5-6-13(18)7-11/h2-4,8,10-11,13,18H,5-7,9H2,1H3,(H,17,19). The van der Waals surface area contributed by atoms with E-state index in [-0.39, 0.29) is 12.0 Å². The molecule has 110 valence electrons.